The lowest BCUT2D eigenvalue weighted by Gasteiger charge is -2.41. The molecule has 3 heterocycles. The van der Waals surface area contributed by atoms with E-state index in [4.69, 9.17) is 5.11 Å². The van der Waals surface area contributed by atoms with E-state index in [1.165, 1.54) is 10.4 Å². The van der Waals surface area contributed by atoms with Crippen LogP contribution in [0, 0.1) is 0 Å². The second kappa shape index (κ2) is 9.87. The zero-order valence-electron chi connectivity index (χ0n) is 16.1. The number of thiophene rings is 1. The maximum atomic E-state index is 12.9. The minimum absolute atomic E-state index is 0. The first kappa shape index (κ1) is 22.1. The number of rotatable bonds is 6. The molecular formula is C19H30ClN3O3S. The highest BCUT2D eigenvalue weighted by Crippen LogP contribution is 2.25. The second-order valence-electron chi connectivity index (χ2n) is 7.28. The summed E-state index contributed by atoms with van der Waals surface area (Å²) in [6, 6.07) is 2.33. The van der Waals surface area contributed by atoms with Crippen molar-refractivity contribution in [3.63, 3.8) is 0 Å². The molecule has 1 fully saturated rings. The molecule has 2 aliphatic rings. The molecule has 1 saturated heterocycles. The molecule has 8 heteroatoms. The molecule has 2 aliphatic heterocycles. The number of hydrogen-bond donors (Lipinski definition) is 1. The molecule has 0 bridgehead atoms. The van der Waals surface area contributed by atoms with Gasteiger partial charge in [0, 0.05) is 37.1 Å². The zero-order valence-corrected chi connectivity index (χ0v) is 17.7. The number of carboxylic acid groups (broad SMARTS) is 1. The first-order valence-corrected chi connectivity index (χ1v) is 10.4. The van der Waals surface area contributed by atoms with E-state index >= 15 is 0 Å². The molecule has 0 saturated carbocycles. The van der Waals surface area contributed by atoms with Gasteiger partial charge in [-0.1, -0.05) is 6.92 Å². The van der Waals surface area contributed by atoms with Crippen LogP contribution in [-0.4, -0.2) is 76.5 Å². The van der Waals surface area contributed by atoms with Gasteiger partial charge >= 0.3 is 5.97 Å². The maximum Gasteiger partial charge on any atom is 0.317 e. The number of carbonyl (C=O) groups is 2. The van der Waals surface area contributed by atoms with Gasteiger partial charge in [-0.15, -0.1) is 23.7 Å². The van der Waals surface area contributed by atoms with Crippen LogP contribution in [0.3, 0.4) is 0 Å². The molecule has 152 valence electrons. The molecule has 1 aromatic heterocycles. The molecule has 1 N–H and O–H groups in total. The van der Waals surface area contributed by atoms with Crippen molar-refractivity contribution in [2.45, 2.75) is 51.7 Å². The van der Waals surface area contributed by atoms with E-state index in [1.807, 2.05) is 23.6 Å². The summed E-state index contributed by atoms with van der Waals surface area (Å²) in [7, 11) is 0. The number of fused-ring (bicyclic) bond motifs is 1. The Morgan fingerprint density at radius 3 is 2.67 bits per heavy atom. The van der Waals surface area contributed by atoms with Gasteiger partial charge < -0.3 is 10.0 Å². The van der Waals surface area contributed by atoms with Crippen LogP contribution in [0.25, 0.3) is 0 Å². The van der Waals surface area contributed by atoms with E-state index in [9.17, 15) is 9.59 Å². The number of nitrogens with zero attached hydrogens (tertiary/aromatic N) is 3. The fourth-order valence-corrected chi connectivity index (χ4v) is 5.06. The minimum atomic E-state index is -0.768. The van der Waals surface area contributed by atoms with Crippen molar-refractivity contribution >= 4 is 35.6 Å². The number of hydrogen-bond acceptors (Lipinski definition) is 5. The number of aliphatic carboxylic acids is 1. The van der Waals surface area contributed by atoms with Gasteiger partial charge in [-0.05, 0) is 49.7 Å². The normalized spacial score (nSPS) is 19.4. The fourth-order valence-electron chi connectivity index (χ4n) is 4.17. The molecule has 0 radical (unpaired) electrons. The van der Waals surface area contributed by atoms with E-state index in [-0.39, 0.29) is 30.9 Å². The molecule has 6 nitrogen and oxygen atoms in total. The molecule has 0 aromatic carbocycles. The van der Waals surface area contributed by atoms with Gasteiger partial charge in [-0.3, -0.25) is 19.4 Å². The Bertz CT molecular complexity index is 646. The second-order valence-corrected chi connectivity index (χ2v) is 8.28. The third-order valence-electron chi connectivity index (χ3n) is 5.78. The van der Waals surface area contributed by atoms with Crippen molar-refractivity contribution < 1.29 is 14.7 Å². The first-order valence-electron chi connectivity index (χ1n) is 9.53. The molecule has 1 amide bonds. The first-order chi connectivity index (χ1) is 12.5. The molecule has 1 unspecified atom stereocenters. The van der Waals surface area contributed by atoms with E-state index < -0.39 is 5.97 Å². The standard InChI is InChI=1S/C19H29N3O3S.ClH/c1-3-20(13-18(23)24)16-4-8-21(9-5-16)14(2)19(25)22-10-6-17-15(12-22)7-11-26-17;/h7,11,14,16H,3-6,8-10,12-13H2,1-2H3,(H,23,24);1H. The Labute approximate surface area is 171 Å². The van der Waals surface area contributed by atoms with Gasteiger partial charge in [0.1, 0.15) is 0 Å². The van der Waals surface area contributed by atoms with Crippen molar-refractivity contribution in [1.82, 2.24) is 14.7 Å². The van der Waals surface area contributed by atoms with Gasteiger partial charge in [-0.2, -0.15) is 0 Å². The van der Waals surface area contributed by atoms with Crippen LogP contribution in [-0.2, 0) is 22.6 Å². The van der Waals surface area contributed by atoms with Gasteiger partial charge in [0.15, 0.2) is 0 Å². The van der Waals surface area contributed by atoms with Crippen LogP contribution in [0.2, 0.25) is 0 Å². The molecule has 0 aliphatic carbocycles. The van der Waals surface area contributed by atoms with Gasteiger partial charge in [0.05, 0.1) is 12.6 Å². The third-order valence-corrected chi connectivity index (χ3v) is 6.81. The van der Waals surface area contributed by atoms with Crippen LogP contribution in [0.4, 0.5) is 0 Å². The lowest BCUT2D eigenvalue weighted by Crippen LogP contribution is -2.53. The Morgan fingerprint density at radius 2 is 2.04 bits per heavy atom. The highest BCUT2D eigenvalue weighted by Gasteiger charge is 2.32. The number of carboxylic acids is 1. The fraction of sp³-hybridized carbons (Fsp3) is 0.684. The smallest absolute Gasteiger partial charge is 0.317 e. The number of piperidine rings is 1. The Hall–Kier alpha value is -1.15. The summed E-state index contributed by atoms with van der Waals surface area (Å²) >= 11 is 1.79. The summed E-state index contributed by atoms with van der Waals surface area (Å²) in [6.45, 7) is 8.14. The SMILES string of the molecule is CCN(CC(=O)O)C1CCN(C(C)C(=O)N2CCc3sccc3C2)CC1.Cl. The number of halogens is 1. The van der Waals surface area contributed by atoms with Crippen molar-refractivity contribution in [3.05, 3.63) is 21.9 Å². The lowest BCUT2D eigenvalue weighted by atomic mass is 10.0. The summed E-state index contributed by atoms with van der Waals surface area (Å²) in [5, 5.41) is 11.2. The minimum Gasteiger partial charge on any atom is -0.480 e. The monoisotopic (exact) mass is 415 g/mol. The number of carbonyl (C=O) groups excluding carboxylic acids is 1. The summed E-state index contributed by atoms with van der Waals surface area (Å²) in [6.07, 6.45) is 2.81. The zero-order chi connectivity index (χ0) is 18.7. The highest BCUT2D eigenvalue weighted by atomic mass is 35.5. The van der Waals surface area contributed by atoms with Gasteiger partial charge in [-0.25, -0.2) is 0 Å². The molecular weight excluding hydrogens is 386 g/mol. The van der Waals surface area contributed by atoms with Crippen molar-refractivity contribution in [2.24, 2.45) is 0 Å². The summed E-state index contributed by atoms with van der Waals surface area (Å²) in [5.41, 5.74) is 1.30. The Morgan fingerprint density at radius 1 is 1.33 bits per heavy atom. The Balaban J connectivity index is 0.00000261. The number of amides is 1. The predicted octanol–water partition coefficient (Wildman–Crippen LogP) is 2.31. The van der Waals surface area contributed by atoms with E-state index in [2.05, 4.69) is 16.3 Å². The van der Waals surface area contributed by atoms with Gasteiger partial charge in [0.2, 0.25) is 5.91 Å². The Kier molecular flexibility index (Phi) is 8.09. The summed E-state index contributed by atoms with van der Waals surface area (Å²) in [5.74, 6) is -0.547. The van der Waals surface area contributed by atoms with E-state index in [0.717, 1.165) is 52.0 Å². The quantitative estimate of drug-likeness (QED) is 0.772. The van der Waals surface area contributed by atoms with Crippen LogP contribution >= 0.6 is 23.7 Å². The largest absolute Gasteiger partial charge is 0.480 e. The summed E-state index contributed by atoms with van der Waals surface area (Å²) in [4.78, 5) is 31.7. The van der Waals surface area contributed by atoms with Crippen molar-refractivity contribution in [2.75, 3.05) is 32.7 Å². The maximum absolute atomic E-state index is 12.9. The average Bonchev–Trinajstić information content (AvgIpc) is 3.12. The number of likely N-dealkylation sites (tertiary alicyclic amines) is 1. The lowest BCUT2D eigenvalue weighted by molar-refractivity contribution is -0.139. The number of likely N-dealkylation sites (N-methyl/N-ethyl adjacent to an activating group) is 1. The van der Waals surface area contributed by atoms with Crippen LogP contribution in [0.15, 0.2) is 11.4 Å². The topological polar surface area (TPSA) is 64.1 Å². The van der Waals surface area contributed by atoms with Crippen LogP contribution in [0.1, 0.15) is 37.1 Å². The molecule has 1 aromatic rings. The predicted molar refractivity (Wildman–Crippen MR) is 110 cm³/mol. The molecule has 0 spiro atoms. The van der Waals surface area contributed by atoms with Crippen LogP contribution < -0.4 is 0 Å². The average molecular weight is 416 g/mol. The van der Waals surface area contributed by atoms with Gasteiger partial charge in [0.25, 0.3) is 0 Å². The molecule has 27 heavy (non-hydrogen) atoms. The van der Waals surface area contributed by atoms with E-state index in [0.29, 0.717) is 6.04 Å². The van der Waals surface area contributed by atoms with Crippen molar-refractivity contribution in [1.29, 1.82) is 0 Å². The molecule has 3 rings (SSSR count). The summed E-state index contributed by atoms with van der Waals surface area (Å²) < 4.78 is 0. The van der Waals surface area contributed by atoms with Crippen molar-refractivity contribution in [3.8, 4) is 0 Å². The highest BCUT2D eigenvalue weighted by molar-refractivity contribution is 7.10. The molecule has 1 atom stereocenters. The van der Waals surface area contributed by atoms with Crippen LogP contribution in [0.5, 0.6) is 0 Å². The van der Waals surface area contributed by atoms with E-state index in [1.54, 1.807) is 11.3 Å². The third kappa shape index (κ3) is 5.22.